The minimum atomic E-state index is -4.73. The Labute approximate surface area is 189 Å². The van der Waals surface area contributed by atoms with Gasteiger partial charge in [-0.2, -0.15) is 31.8 Å². The van der Waals surface area contributed by atoms with Crippen LogP contribution < -0.4 is 10.6 Å². The van der Waals surface area contributed by atoms with Gasteiger partial charge in [-0.3, -0.25) is 9.11 Å². The van der Waals surface area contributed by atoms with Gasteiger partial charge in [0.15, 0.2) is 9.84 Å². The molecule has 18 heteroatoms. The largest absolute Gasteiger partial charge is 0.397 e. The number of aryl methyl sites for hydroxylation is 1. The highest BCUT2D eigenvalue weighted by Crippen LogP contribution is 2.22. The second kappa shape index (κ2) is 10.2. The number of nitrogens with one attached hydrogen (secondary N) is 2. The third kappa shape index (κ3) is 8.77. The second-order valence-corrected chi connectivity index (χ2v) is 11.3. The van der Waals surface area contributed by atoms with Crippen molar-refractivity contribution in [2.75, 3.05) is 35.3 Å². The molecule has 1 aromatic carbocycles. The fraction of sp³-hybridized carbons (Fsp3) is 0.357. The highest BCUT2D eigenvalue weighted by molar-refractivity contribution is 7.91. The predicted octanol–water partition coefficient (Wildman–Crippen LogP) is 0.470. The molecule has 0 bridgehead atoms. The Kier molecular flexibility index (Phi) is 8.32. The Morgan fingerprint density at radius 1 is 1.00 bits per heavy atom. The Hall–Kier alpha value is -2.15. The first-order valence-corrected chi connectivity index (χ1v) is 13.5. The molecule has 14 nitrogen and oxygen atoms in total. The van der Waals surface area contributed by atoms with Gasteiger partial charge in [0.05, 0.1) is 23.0 Å². The van der Waals surface area contributed by atoms with E-state index in [0.717, 1.165) is 0 Å². The number of hydrogen-bond acceptors (Lipinski definition) is 12. The minimum absolute atomic E-state index is 0.0316. The van der Waals surface area contributed by atoms with Crippen LogP contribution in [0.2, 0.25) is 5.28 Å². The summed E-state index contributed by atoms with van der Waals surface area (Å²) >= 11 is 5.84. The zero-order valence-electron chi connectivity index (χ0n) is 16.3. The third-order valence-corrected chi connectivity index (χ3v) is 6.90. The van der Waals surface area contributed by atoms with Gasteiger partial charge in [0.1, 0.15) is 0 Å². The molecule has 178 valence electrons. The minimum Gasteiger partial charge on any atom is -0.353 e. The summed E-state index contributed by atoms with van der Waals surface area (Å²) in [7, 11) is -12.8. The van der Waals surface area contributed by atoms with Crippen LogP contribution in [0.1, 0.15) is 5.56 Å². The molecular weight excluding hydrogens is 514 g/mol. The number of benzene rings is 1. The predicted molar refractivity (Wildman–Crippen MR) is 114 cm³/mol. The summed E-state index contributed by atoms with van der Waals surface area (Å²) in [5, 5.41) is 5.18. The van der Waals surface area contributed by atoms with Gasteiger partial charge >= 0.3 is 10.4 Å². The maximum absolute atomic E-state index is 11.9. The first-order valence-electron chi connectivity index (χ1n) is 8.47. The van der Waals surface area contributed by atoms with Crippen molar-refractivity contribution in [2.45, 2.75) is 11.8 Å². The van der Waals surface area contributed by atoms with Gasteiger partial charge in [-0.1, -0.05) is 0 Å². The topological polar surface area (TPSA) is 215 Å². The van der Waals surface area contributed by atoms with Crippen LogP contribution in [0.25, 0.3) is 0 Å². The van der Waals surface area contributed by atoms with Gasteiger partial charge in [0.25, 0.3) is 10.1 Å². The van der Waals surface area contributed by atoms with E-state index >= 15 is 0 Å². The first kappa shape index (κ1) is 26.1. The number of aromatic nitrogens is 3. The van der Waals surface area contributed by atoms with Gasteiger partial charge in [-0.25, -0.2) is 12.6 Å². The number of rotatable bonds is 11. The van der Waals surface area contributed by atoms with E-state index in [-0.39, 0.29) is 34.2 Å². The van der Waals surface area contributed by atoms with Crippen LogP contribution in [-0.4, -0.2) is 74.0 Å². The van der Waals surface area contributed by atoms with Gasteiger partial charge in [0, 0.05) is 12.2 Å². The summed E-state index contributed by atoms with van der Waals surface area (Å²) in [6.07, 6.45) is 0. The van der Waals surface area contributed by atoms with Crippen LogP contribution in [0.4, 0.5) is 17.6 Å². The molecule has 0 fully saturated rings. The smallest absolute Gasteiger partial charge is 0.353 e. The zero-order valence-corrected chi connectivity index (χ0v) is 19.5. The van der Waals surface area contributed by atoms with Crippen molar-refractivity contribution in [3.05, 3.63) is 29.0 Å². The standard InChI is InChI=1S/C14H18ClN5O9S3/c1-9-8-10(2-3-11(9)31(23,24)25)17-14-19-12(15)18-13(20-14)16-4-6-30(21,22)7-5-29-32(26,27)28/h2-3,8H,4-7H2,1H3,(H,23,24,25)(H,26,27,28)(H2,16,17,18,19,20). The van der Waals surface area contributed by atoms with E-state index < -0.39 is 48.5 Å². The molecule has 0 radical (unpaired) electrons. The molecule has 0 atom stereocenters. The molecule has 4 N–H and O–H groups in total. The summed E-state index contributed by atoms with van der Waals surface area (Å²) in [4.78, 5) is 11.4. The normalized spacial score (nSPS) is 12.5. The van der Waals surface area contributed by atoms with Crippen LogP contribution >= 0.6 is 11.6 Å². The number of hydrogen-bond donors (Lipinski definition) is 4. The Morgan fingerprint density at radius 3 is 2.25 bits per heavy atom. The number of halogens is 1. The molecule has 0 unspecified atom stereocenters. The Bertz CT molecular complexity index is 1300. The number of sulfone groups is 1. The molecular formula is C14H18ClN5O9S3. The number of anilines is 3. The molecule has 0 saturated carbocycles. The first-order chi connectivity index (χ1) is 14.6. The SMILES string of the molecule is Cc1cc(Nc2nc(Cl)nc(NCCS(=O)(=O)CCOS(=O)(=O)O)n2)ccc1S(=O)(=O)O. The van der Waals surface area contributed by atoms with E-state index in [0.29, 0.717) is 5.69 Å². The molecule has 0 spiro atoms. The summed E-state index contributed by atoms with van der Waals surface area (Å²) < 4.78 is 88.7. The average Bonchev–Trinajstić information content (AvgIpc) is 2.58. The molecule has 0 aliphatic rings. The van der Waals surface area contributed by atoms with E-state index in [4.69, 9.17) is 20.7 Å². The molecule has 1 aromatic heterocycles. The van der Waals surface area contributed by atoms with E-state index in [2.05, 4.69) is 29.8 Å². The molecule has 2 rings (SSSR count). The molecule has 0 amide bonds. The van der Waals surface area contributed by atoms with Gasteiger partial charge in [-0.05, 0) is 42.3 Å². The highest BCUT2D eigenvalue weighted by Gasteiger charge is 2.15. The van der Waals surface area contributed by atoms with E-state index in [9.17, 15) is 25.3 Å². The van der Waals surface area contributed by atoms with Gasteiger partial charge in [-0.15, -0.1) is 0 Å². The lowest BCUT2D eigenvalue weighted by Gasteiger charge is -2.10. The van der Waals surface area contributed by atoms with Crippen LogP contribution in [0.3, 0.4) is 0 Å². The monoisotopic (exact) mass is 531 g/mol. The van der Waals surface area contributed by atoms with E-state index in [1.54, 1.807) is 0 Å². The quantitative estimate of drug-likeness (QED) is 0.290. The van der Waals surface area contributed by atoms with E-state index in [1.165, 1.54) is 25.1 Å². The fourth-order valence-electron chi connectivity index (χ4n) is 2.32. The molecule has 1 heterocycles. The third-order valence-electron chi connectivity index (χ3n) is 3.64. The summed E-state index contributed by atoms with van der Waals surface area (Å²) in [6.45, 7) is 0.585. The fourth-order valence-corrected chi connectivity index (χ4v) is 4.54. The van der Waals surface area contributed by atoms with Crippen LogP contribution in [-0.2, 0) is 34.5 Å². The van der Waals surface area contributed by atoms with Crippen LogP contribution in [0.15, 0.2) is 23.1 Å². The molecule has 0 aliphatic heterocycles. The maximum atomic E-state index is 11.9. The van der Waals surface area contributed by atoms with Crippen molar-refractivity contribution >= 4 is 59.5 Å². The summed E-state index contributed by atoms with van der Waals surface area (Å²) in [6, 6.07) is 3.98. The van der Waals surface area contributed by atoms with Crippen LogP contribution in [0, 0.1) is 6.92 Å². The zero-order chi connectivity index (χ0) is 24.2. The summed E-state index contributed by atoms with van der Waals surface area (Å²) in [5.74, 6) is -1.17. The average molecular weight is 532 g/mol. The number of nitrogens with zero attached hydrogens (tertiary/aromatic N) is 3. The van der Waals surface area contributed by atoms with Crippen molar-refractivity contribution in [2.24, 2.45) is 0 Å². The molecule has 0 aliphatic carbocycles. The van der Waals surface area contributed by atoms with Crippen molar-refractivity contribution in [3.8, 4) is 0 Å². The molecule has 0 saturated heterocycles. The lowest BCUT2D eigenvalue weighted by Crippen LogP contribution is -2.22. The summed E-state index contributed by atoms with van der Waals surface area (Å²) in [5.41, 5.74) is 0.642. The lowest BCUT2D eigenvalue weighted by molar-refractivity contribution is 0.284. The van der Waals surface area contributed by atoms with Crippen molar-refractivity contribution < 1.29 is 38.5 Å². The second-order valence-electron chi connectivity index (χ2n) is 6.16. The van der Waals surface area contributed by atoms with Crippen molar-refractivity contribution in [1.29, 1.82) is 0 Å². The van der Waals surface area contributed by atoms with Crippen LogP contribution in [0.5, 0.6) is 0 Å². The molecule has 32 heavy (non-hydrogen) atoms. The Balaban J connectivity index is 2.01. The maximum Gasteiger partial charge on any atom is 0.397 e. The van der Waals surface area contributed by atoms with Gasteiger partial charge in [0.2, 0.25) is 17.2 Å². The highest BCUT2D eigenvalue weighted by atomic mass is 35.5. The van der Waals surface area contributed by atoms with Gasteiger partial charge < -0.3 is 10.6 Å². The van der Waals surface area contributed by atoms with E-state index in [1.807, 2.05) is 0 Å². The lowest BCUT2D eigenvalue weighted by atomic mass is 10.2. The molecule has 2 aromatic rings. The van der Waals surface area contributed by atoms with Crippen molar-refractivity contribution in [1.82, 2.24) is 15.0 Å². The van der Waals surface area contributed by atoms with Crippen molar-refractivity contribution in [3.63, 3.8) is 0 Å². The Morgan fingerprint density at radius 2 is 1.66 bits per heavy atom.